The first-order chi connectivity index (χ1) is 24.3. The van der Waals surface area contributed by atoms with Gasteiger partial charge in [-0.25, -0.2) is 4.79 Å². The number of likely N-dealkylation sites (tertiary alicyclic amines) is 1. The number of hydrogen-bond acceptors (Lipinski definition) is 8. The van der Waals surface area contributed by atoms with Gasteiger partial charge in [0.1, 0.15) is 11.9 Å². The first kappa shape index (κ1) is 35.6. The molecule has 0 bridgehead atoms. The minimum Gasteiger partial charge on any atom is -0.506 e. The number of benzene rings is 3. The van der Waals surface area contributed by atoms with Gasteiger partial charge in [0.05, 0.1) is 17.3 Å². The number of nitrogens with zero attached hydrogens (tertiary/aromatic N) is 2. The van der Waals surface area contributed by atoms with Crippen LogP contribution in [-0.2, 0) is 4.74 Å². The molecule has 5 N–H and O–H groups in total. The summed E-state index contributed by atoms with van der Waals surface area (Å²) in [5, 5.41) is 28.2. The molecule has 10 heteroatoms. The number of likely N-dealkylation sites (N-methyl/N-ethyl adjacent to an activating group) is 1. The Morgan fingerprint density at radius 2 is 1.68 bits per heavy atom. The zero-order valence-corrected chi connectivity index (χ0v) is 29.0. The van der Waals surface area contributed by atoms with Crippen LogP contribution in [0.25, 0.3) is 22.0 Å². The highest BCUT2D eigenvalue weighted by Gasteiger charge is 2.25. The summed E-state index contributed by atoms with van der Waals surface area (Å²) < 4.78 is 5.82. The number of aliphatic hydroxyl groups excluding tert-OH is 1. The zero-order valence-electron chi connectivity index (χ0n) is 29.0. The maximum atomic E-state index is 12.8. The fourth-order valence-corrected chi connectivity index (χ4v) is 7.42. The van der Waals surface area contributed by atoms with Gasteiger partial charge in [0.15, 0.2) is 0 Å². The Kier molecular flexibility index (Phi) is 12.2. The molecule has 1 amide bonds. The topological polar surface area (TPSA) is 130 Å². The van der Waals surface area contributed by atoms with Crippen molar-refractivity contribution in [1.82, 2.24) is 20.1 Å². The van der Waals surface area contributed by atoms with Gasteiger partial charge >= 0.3 is 6.09 Å². The molecule has 10 nitrogen and oxygen atoms in total. The largest absolute Gasteiger partial charge is 0.506 e. The number of anilines is 1. The van der Waals surface area contributed by atoms with Crippen molar-refractivity contribution in [1.29, 1.82) is 0 Å². The van der Waals surface area contributed by atoms with Gasteiger partial charge in [0.25, 0.3) is 0 Å². The van der Waals surface area contributed by atoms with Crippen LogP contribution >= 0.6 is 0 Å². The van der Waals surface area contributed by atoms with Crippen LogP contribution < -0.4 is 16.2 Å². The third kappa shape index (κ3) is 9.51. The van der Waals surface area contributed by atoms with Gasteiger partial charge in [-0.2, -0.15) is 0 Å². The smallest absolute Gasteiger partial charge is 0.411 e. The van der Waals surface area contributed by atoms with Gasteiger partial charge in [-0.3, -0.25) is 10.1 Å². The normalized spacial score (nSPS) is 19.4. The molecule has 0 radical (unpaired) electrons. The molecule has 1 saturated heterocycles. The minimum absolute atomic E-state index is 0.000901. The van der Waals surface area contributed by atoms with Gasteiger partial charge in [-0.1, -0.05) is 54.6 Å². The molecule has 2 fully saturated rings. The van der Waals surface area contributed by atoms with Crippen molar-refractivity contribution in [2.24, 2.45) is 5.92 Å². The zero-order chi connectivity index (χ0) is 34.9. The van der Waals surface area contributed by atoms with E-state index in [1.807, 2.05) is 54.6 Å². The summed E-state index contributed by atoms with van der Waals surface area (Å²) in [5.74, 6) is 0.720. The Morgan fingerprint density at radius 1 is 0.940 bits per heavy atom. The summed E-state index contributed by atoms with van der Waals surface area (Å²) in [6.45, 7) is 5.42. The summed E-state index contributed by atoms with van der Waals surface area (Å²) in [5.41, 5.74) is 3.55. The molecule has 6 rings (SSSR count). The lowest BCUT2D eigenvalue weighted by Crippen LogP contribution is -2.42. The molecular weight excluding hydrogens is 630 g/mol. The monoisotopic (exact) mass is 681 g/mol. The highest BCUT2D eigenvalue weighted by molar-refractivity contribution is 5.91. The van der Waals surface area contributed by atoms with Crippen molar-refractivity contribution < 1.29 is 19.7 Å². The van der Waals surface area contributed by atoms with E-state index in [-0.39, 0.29) is 17.4 Å². The van der Waals surface area contributed by atoms with Gasteiger partial charge < -0.3 is 35.1 Å². The number of pyridine rings is 1. The number of piperidine rings is 1. The number of rotatable bonds is 13. The van der Waals surface area contributed by atoms with Crippen LogP contribution in [0.2, 0.25) is 0 Å². The Labute approximate surface area is 294 Å². The number of nitrogens with one attached hydrogen (secondary N) is 3. The maximum Gasteiger partial charge on any atom is 0.411 e. The highest BCUT2D eigenvalue weighted by Crippen LogP contribution is 2.31. The number of hydrogen-bond donors (Lipinski definition) is 5. The van der Waals surface area contributed by atoms with Crippen molar-refractivity contribution in [3.8, 4) is 16.9 Å². The molecule has 50 heavy (non-hydrogen) atoms. The molecule has 1 aromatic heterocycles. The van der Waals surface area contributed by atoms with Gasteiger partial charge in [-0.15, -0.1) is 0 Å². The Balaban J connectivity index is 0.840. The summed E-state index contributed by atoms with van der Waals surface area (Å²) in [7, 11) is 2.21. The van der Waals surface area contributed by atoms with E-state index in [1.54, 1.807) is 12.1 Å². The second kappa shape index (κ2) is 17.1. The van der Waals surface area contributed by atoms with Crippen LogP contribution in [0.5, 0.6) is 5.75 Å². The average Bonchev–Trinajstić information content (AvgIpc) is 3.14. The first-order valence-electron chi connectivity index (χ1n) is 18.1. The highest BCUT2D eigenvalue weighted by atomic mass is 16.6. The van der Waals surface area contributed by atoms with E-state index in [4.69, 9.17) is 4.74 Å². The third-order valence-electron chi connectivity index (χ3n) is 10.5. The van der Waals surface area contributed by atoms with E-state index in [1.165, 1.54) is 31.4 Å². The fraction of sp³-hybridized carbons (Fsp3) is 0.450. The SMILES string of the molecule is CN(CCC1CCC(NCC(O)c2ccc(O)c3[nH]c(=O)ccc23)CC1)CCN1CCC(OC(=O)Nc2ccccc2-c2ccccc2)CC1. The molecular formula is C40H51N5O5. The summed E-state index contributed by atoms with van der Waals surface area (Å²) in [6, 6.07) is 24.6. The molecule has 0 spiro atoms. The predicted molar refractivity (Wildman–Crippen MR) is 198 cm³/mol. The van der Waals surface area contributed by atoms with Crippen LogP contribution in [0.4, 0.5) is 10.5 Å². The molecule has 2 heterocycles. The molecule has 1 saturated carbocycles. The number of aliphatic hydroxyl groups is 1. The Morgan fingerprint density at radius 3 is 2.46 bits per heavy atom. The van der Waals surface area contributed by atoms with Crippen molar-refractivity contribution in [3.63, 3.8) is 0 Å². The number of para-hydroxylation sites is 1. The van der Waals surface area contributed by atoms with Crippen LogP contribution in [0.3, 0.4) is 0 Å². The predicted octanol–water partition coefficient (Wildman–Crippen LogP) is 6.12. The standard InChI is InChI=1S/C40H51N5O5/c1-44(22-19-28-11-13-30(14-12-28)41-27-37(47)33-15-17-36(46)39-34(33)16-18-38(48)43-39)25-26-45-23-20-31(21-24-45)50-40(49)42-35-10-6-5-9-32(35)29-7-3-2-4-8-29/h2-10,15-18,28,30-31,37,41,46-47H,11-14,19-27H2,1H3,(H,42,49)(H,43,48). The molecule has 1 atom stereocenters. The fourth-order valence-electron chi connectivity index (χ4n) is 7.42. The van der Waals surface area contributed by atoms with Crippen LogP contribution in [-0.4, -0.2) is 89.6 Å². The van der Waals surface area contributed by atoms with Crippen molar-refractivity contribution in [2.45, 2.75) is 63.2 Å². The lowest BCUT2D eigenvalue weighted by atomic mass is 9.84. The van der Waals surface area contributed by atoms with Crippen LogP contribution in [0, 0.1) is 5.92 Å². The van der Waals surface area contributed by atoms with E-state index in [9.17, 15) is 19.8 Å². The van der Waals surface area contributed by atoms with Gasteiger partial charge in [0.2, 0.25) is 5.56 Å². The number of phenols is 1. The second-order valence-corrected chi connectivity index (χ2v) is 14.0. The van der Waals surface area contributed by atoms with E-state index in [2.05, 4.69) is 32.5 Å². The number of phenolic OH excluding ortho intramolecular Hbond substituents is 1. The average molecular weight is 682 g/mol. The molecule has 4 aromatic rings. The van der Waals surface area contributed by atoms with Crippen LogP contribution in [0.1, 0.15) is 56.6 Å². The van der Waals surface area contributed by atoms with E-state index in [0.29, 0.717) is 29.1 Å². The van der Waals surface area contributed by atoms with Crippen molar-refractivity contribution in [3.05, 3.63) is 94.8 Å². The van der Waals surface area contributed by atoms with Crippen LogP contribution in [0.15, 0.2) is 83.7 Å². The van der Waals surface area contributed by atoms with Gasteiger partial charge in [-0.05, 0) is 93.8 Å². The number of carbonyl (C=O) groups is 1. The molecule has 3 aromatic carbocycles. The molecule has 2 aliphatic rings. The lowest BCUT2D eigenvalue weighted by molar-refractivity contribution is 0.0563. The number of aromatic nitrogens is 1. The second-order valence-electron chi connectivity index (χ2n) is 14.0. The quantitative estimate of drug-likeness (QED) is 0.114. The number of carbonyl (C=O) groups excluding carboxylic acids is 1. The van der Waals surface area contributed by atoms with E-state index >= 15 is 0 Å². The molecule has 266 valence electrons. The van der Waals surface area contributed by atoms with E-state index < -0.39 is 12.2 Å². The minimum atomic E-state index is -0.735. The van der Waals surface area contributed by atoms with Gasteiger partial charge in [0, 0.05) is 55.8 Å². The number of aromatic amines is 1. The third-order valence-corrected chi connectivity index (χ3v) is 10.5. The van der Waals surface area contributed by atoms with Crippen molar-refractivity contribution >= 4 is 22.7 Å². The summed E-state index contributed by atoms with van der Waals surface area (Å²) in [6.07, 6.45) is 6.25. The number of H-pyrrole nitrogens is 1. The Bertz CT molecular complexity index is 1750. The number of fused-ring (bicyclic) bond motifs is 1. The summed E-state index contributed by atoms with van der Waals surface area (Å²) in [4.78, 5) is 32.1. The molecule has 1 aliphatic carbocycles. The molecule has 1 aliphatic heterocycles. The lowest BCUT2D eigenvalue weighted by Gasteiger charge is -2.33. The number of amides is 1. The van der Waals surface area contributed by atoms with Crippen molar-refractivity contribution in [2.75, 3.05) is 51.6 Å². The maximum absolute atomic E-state index is 12.8. The summed E-state index contributed by atoms with van der Waals surface area (Å²) >= 11 is 0. The first-order valence-corrected chi connectivity index (χ1v) is 18.1. The van der Waals surface area contributed by atoms with E-state index in [0.717, 1.165) is 81.1 Å². The number of ether oxygens (including phenoxy) is 1. The Hall–Kier alpha value is -4.22. The number of aromatic hydroxyl groups is 1. The molecule has 1 unspecified atom stereocenters.